The van der Waals surface area contributed by atoms with Crippen LogP contribution < -0.4 is 5.32 Å². The highest BCUT2D eigenvalue weighted by molar-refractivity contribution is 5.91. The van der Waals surface area contributed by atoms with E-state index < -0.39 is 6.10 Å². The molecule has 2 aromatic rings. The van der Waals surface area contributed by atoms with Crippen LogP contribution in [0.3, 0.4) is 0 Å². The Morgan fingerprint density at radius 3 is 2.88 bits per heavy atom. The summed E-state index contributed by atoms with van der Waals surface area (Å²) >= 11 is 0. The van der Waals surface area contributed by atoms with E-state index in [1.807, 2.05) is 6.07 Å². The molecule has 2 rings (SSSR count). The summed E-state index contributed by atoms with van der Waals surface area (Å²) in [5, 5.41) is 12.3. The van der Waals surface area contributed by atoms with E-state index in [1.165, 1.54) is 17.1 Å². The van der Waals surface area contributed by atoms with Gasteiger partial charge in [-0.25, -0.2) is 9.78 Å². The molecule has 1 atom stereocenters. The molecule has 0 bridgehead atoms. The van der Waals surface area contributed by atoms with E-state index in [0.717, 1.165) is 0 Å². The van der Waals surface area contributed by atoms with Crippen LogP contribution in [0.4, 0.5) is 10.5 Å². The van der Waals surface area contributed by atoms with Crippen molar-refractivity contribution in [3.8, 4) is 0 Å². The van der Waals surface area contributed by atoms with Gasteiger partial charge in [0, 0.05) is 23.6 Å². The quantitative estimate of drug-likeness (QED) is 0.830. The van der Waals surface area contributed by atoms with Gasteiger partial charge in [-0.2, -0.15) is 0 Å². The number of carbonyl (C=O) groups excluding carboxylic acids is 1. The average Bonchev–Trinajstić information content (AvgIpc) is 2.83. The predicted molar refractivity (Wildman–Crippen MR) is 63.7 cm³/mol. The zero-order valence-electron chi connectivity index (χ0n) is 9.37. The van der Waals surface area contributed by atoms with Crippen LogP contribution in [-0.4, -0.2) is 20.7 Å². The molecular formula is C12H13N3O2. The molecule has 88 valence electrons. The molecule has 0 radical (unpaired) electrons. The lowest BCUT2D eigenvalue weighted by molar-refractivity contribution is 0.200. The van der Waals surface area contributed by atoms with Crippen LogP contribution in [0.5, 0.6) is 0 Å². The summed E-state index contributed by atoms with van der Waals surface area (Å²) in [5.41, 5.74) is 1.28. The third-order valence-electron chi connectivity index (χ3n) is 2.39. The molecule has 1 amide bonds. The molecule has 0 saturated heterocycles. The molecule has 1 heterocycles. The van der Waals surface area contributed by atoms with E-state index in [0.29, 0.717) is 11.3 Å². The van der Waals surface area contributed by atoms with E-state index in [1.54, 1.807) is 31.3 Å². The lowest BCUT2D eigenvalue weighted by Gasteiger charge is -2.12. The molecule has 2 N–H and O–H groups in total. The van der Waals surface area contributed by atoms with Gasteiger partial charge >= 0.3 is 6.03 Å². The maximum atomic E-state index is 11.8. The first-order valence-corrected chi connectivity index (χ1v) is 5.25. The van der Waals surface area contributed by atoms with Crippen LogP contribution in [0.15, 0.2) is 43.0 Å². The van der Waals surface area contributed by atoms with Crippen molar-refractivity contribution in [3.63, 3.8) is 0 Å². The summed E-state index contributed by atoms with van der Waals surface area (Å²) in [6.07, 6.45) is 3.87. The number of imidazole rings is 1. The monoisotopic (exact) mass is 231 g/mol. The minimum atomic E-state index is -0.630. The Morgan fingerprint density at radius 2 is 2.24 bits per heavy atom. The summed E-state index contributed by atoms with van der Waals surface area (Å²) < 4.78 is 1.33. The Morgan fingerprint density at radius 1 is 1.47 bits per heavy atom. The number of nitrogens with one attached hydrogen (secondary N) is 1. The number of rotatable bonds is 2. The average molecular weight is 231 g/mol. The summed E-state index contributed by atoms with van der Waals surface area (Å²) in [6.45, 7) is 1.65. The van der Waals surface area contributed by atoms with E-state index >= 15 is 0 Å². The zero-order valence-corrected chi connectivity index (χ0v) is 9.37. The lowest BCUT2D eigenvalue weighted by Crippen LogP contribution is -2.19. The highest BCUT2D eigenvalue weighted by atomic mass is 16.3. The van der Waals surface area contributed by atoms with Gasteiger partial charge < -0.3 is 10.4 Å². The molecule has 1 aromatic carbocycles. The Bertz CT molecular complexity index is 506. The van der Waals surface area contributed by atoms with Crippen molar-refractivity contribution < 1.29 is 9.90 Å². The van der Waals surface area contributed by atoms with Gasteiger partial charge in [-0.1, -0.05) is 18.2 Å². The summed E-state index contributed by atoms with van der Waals surface area (Å²) in [6, 6.07) is 6.82. The van der Waals surface area contributed by atoms with Crippen LogP contribution in [0, 0.1) is 0 Å². The summed E-state index contributed by atoms with van der Waals surface area (Å²) in [4.78, 5) is 15.6. The number of para-hydroxylation sites is 1. The van der Waals surface area contributed by atoms with Gasteiger partial charge in [0.25, 0.3) is 0 Å². The number of hydrogen-bond donors (Lipinski definition) is 2. The maximum absolute atomic E-state index is 11.8. The summed E-state index contributed by atoms with van der Waals surface area (Å²) in [7, 11) is 0. The SMILES string of the molecule is CC(O)c1ccccc1NC(=O)n1ccnc1. The van der Waals surface area contributed by atoms with E-state index in [2.05, 4.69) is 10.3 Å². The van der Waals surface area contributed by atoms with Crippen molar-refractivity contribution in [2.75, 3.05) is 5.32 Å². The van der Waals surface area contributed by atoms with Crippen LogP contribution in [0.25, 0.3) is 0 Å². The van der Waals surface area contributed by atoms with Gasteiger partial charge in [0.2, 0.25) is 0 Å². The second-order valence-corrected chi connectivity index (χ2v) is 3.66. The Labute approximate surface area is 98.7 Å². The van der Waals surface area contributed by atoms with Crippen molar-refractivity contribution in [1.82, 2.24) is 9.55 Å². The van der Waals surface area contributed by atoms with Crippen molar-refractivity contribution in [1.29, 1.82) is 0 Å². The number of aromatic nitrogens is 2. The second kappa shape index (κ2) is 4.80. The fourth-order valence-corrected chi connectivity index (χ4v) is 1.53. The lowest BCUT2D eigenvalue weighted by atomic mass is 10.1. The number of benzene rings is 1. The molecule has 0 saturated carbocycles. The zero-order chi connectivity index (χ0) is 12.3. The highest BCUT2D eigenvalue weighted by Gasteiger charge is 2.10. The molecule has 0 spiro atoms. The van der Waals surface area contributed by atoms with Gasteiger partial charge in [-0.3, -0.25) is 4.57 Å². The van der Waals surface area contributed by atoms with E-state index in [-0.39, 0.29) is 6.03 Å². The molecule has 0 aliphatic heterocycles. The molecule has 5 heteroatoms. The fraction of sp³-hybridized carbons (Fsp3) is 0.167. The number of nitrogens with zero attached hydrogens (tertiary/aromatic N) is 2. The highest BCUT2D eigenvalue weighted by Crippen LogP contribution is 2.22. The van der Waals surface area contributed by atoms with Gasteiger partial charge in [0.15, 0.2) is 0 Å². The largest absolute Gasteiger partial charge is 0.389 e. The van der Waals surface area contributed by atoms with Crippen molar-refractivity contribution in [3.05, 3.63) is 48.5 Å². The first-order valence-electron chi connectivity index (χ1n) is 5.25. The molecule has 0 aliphatic rings. The Balaban J connectivity index is 2.22. The van der Waals surface area contributed by atoms with Gasteiger partial charge in [-0.15, -0.1) is 0 Å². The first-order chi connectivity index (χ1) is 8.18. The molecule has 5 nitrogen and oxygen atoms in total. The smallest absolute Gasteiger partial charge is 0.331 e. The molecular weight excluding hydrogens is 218 g/mol. The van der Waals surface area contributed by atoms with Gasteiger partial charge in [-0.05, 0) is 13.0 Å². The minimum Gasteiger partial charge on any atom is -0.389 e. The number of hydrogen-bond acceptors (Lipinski definition) is 3. The number of anilines is 1. The van der Waals surface area contributed by atoms with Crippen molar-refractivity contribution in [2.24, 2.45) is 0 Å². The number of aliphatic hydroxyl groups excluding tert-OH is 1. The van der Waals surface area contributed by atoms with Crippen molar-refractivity contribution >= 4 is 11.7 Å². The third-order valence-corrected chi connectivity index (χ3v) is 2.39. The van der Waals surface area contributed by atoms with Gasteiger partial charge in [0.05, 0.1) is 6.10 Å². The van der Waals surface area contributed by atoms with Crippen LogP contribution in [-0.2, 0) is 0 Å². The van der Waals surface area contributed by atoms with E-state index in [9.17, 15) is 9.90 Å². The molecule has 1 unspecified atom stereocenters. The molecule has 0 fully saturated rings. The fourth-order valence-electron chi connectivity index (χ4n) is 1.53. The second-order valence-electron chi connectivity index (χ2n) is 3.66. The predicted octanol–water partition coefficient (Wildman–Crippen LogP) is 2.02. The van der Waals surface area contributed by atoms with Gasteiger partial charge in [0.1, 0.15) is 6.33 Å². The topological polar surface area (TPSA) is 67.2 Å². The summed E-state index contributed by atoms with van der Waals surface area (Å²) in [5.74, 6) is 0. The first kappa shape index (κ1) is 11.3. The van der Waals surface area contributed by atoms with Crippen molar-refractivity contribution in [2.45, 2.75) is 13.0 Å². The number of amides is 1. The van der Waals surface area contributed by atoms with Crippen LogP contribution in [0.1, 0.15) is 18.6 Å². The Kier molecular flexibility index (Phi) is 3.20. The van der Waals surface area contributed by atoms with Crippen LogP contribution >= 0.6 is 0 Å². The number of aliphatic hydroxyl groups is 1. The van der Waals surface area contributed by atoms with Crippen LogP contribution in [0.2, 0.25) is 0 Å². The molecule has 17 heavy (non-hydrogen) atoms. The standard InChI is InChI=1S/C12H13N3O2/c1-9(16)10-4-2-3-5-11(10)14-12(17)15-7-6-13-8-15/h2-9,16H,1H3,(H,14,17). The molecule has 1 aromatic heterocycles. The maximum Gasteiger partial charge on any atom is 0.331 e. The minimum absolute atomic E-state index is 0.310. The molecule has 0 aliphatic carbocycles. The Hall–Kier alpha value is -2.14. The van der Waals surface area contributed by atoms with E-state index in [4.69, 9.17) is 0 Å². The number of carbonyl (C=O) groups is 1. The normalized spacial score (nSPS) is 12.1. The third kappa shape index (κ3) is 2.51.